The maximum atomic E-state index is 11.4. The minimum Gasteiger partial charge on any atom is -0.444 e. The zero-order chi connectivity index (χ0) is 10.8. The van der Waals surface area contributed by atoms with Crippen LogP contribution in [0.15, 0.2) is 12.2 Å². The van der Waals surface area contributed by atoms with Gasteiger partial charge < -0.3 is 10.1 Å². The van der Waals surface area contributed by atoms with Gasteiger partial charge in [-0.1, -0.05) is 19.1 Å². The van der Waals surface area contributed by atoms with Gasteiger partial charge in [-0.05, 0) is 33.1 Å². The molecular formula is C11H19NO2. The van der Waals surface area contributed by atoms with Crippen LogP contribution in [0.1, 0.15) is 34.1 Å². The molecule has 3 heteroatoms. The lowest BCUT2D eigenvalue weighted by Gasteiger charge is -2.23. The molecule has 3 nitrogen and oxygen atoms in total. The summed E-state index contributed by atoms with van der Waals surface area (Å²) in [5.74, 6) is 0.405. The van der Waals surface area contributed by atoms with Crippen molar-refractivity contribution in [2.24, 2.45) is 5.92 Å². The van der Waals surface area contributed by atoms with Gasteiger partial charge in [0.05, 0.1) is 0 Å². The van der Waals surface area contributed by atoms with Crippen LogP contribution in [-0.2, 0) is 4.74 Å². The molecule has 0 aromatic carbocycles. The Morgan fingerprint density at radius 2 is 2.14 bits per heavy atom. The van der Waals surface area contributed by atoms with Crippen molar-refractivity contribution < 1.29 is 9.53 Å². The average Bonchev–Trinajstić information content (AvgIpc) is 2.32. The number of nitrogens with one attached hydrogen (secondary N) is 1. The minimum absolute atomic E-state index is 0.199. The van der Waals surface area contributed by atoms with Crippen molar-refractivity contribution in [1.29, 1.82) is 0 Å². The molecule has 1 N–H and O–H groups in total. The van der Waals surface area contributed by atoms with Crippen molar-refractivity contribution in [2.75, 3.05) is 0 Å². The fourth-order valence-corrected chi connectivity index (χ4v) is 1.44. The topological polar surface area (TPSA) is 38.3 Å². The smallest absolute Gasteiger partial charge is 0.407 e. The highest BCUT2D eigenvalue weighted by molar-refractivity contribution is 5.68. The van der Waals surface area contributed by atoms with Crippen molar-refractivity contribution in [1.82, 2.24) is 5.32 Å². The monoisotopic (exact) mass is 197 g/mol. The first-order chi connectivity index (χ1) is 6.38. The lowest BCUT2D eigenvalue weighted by atomic mass is 10.1. The van der Waals surface area contributed by atoms with Crippen molar-refractivity contribution in [3.8, 4) is 0 Å². The van der Waals surface area contributed by atoms with Crippen molar-refractivity contribution >= 4 is 6.09 Å². The Labute approximate surface area is 85.5 Å². The summed E-state index contributed by atoms with van der Waals surface area (Å²) in [6, 6.07) is 0.199. The van der Waals surface area contributed by atoms with Crippen LogP contribution in [0.2, 0.25) is 0 Å². The molecule has 0 aromatic heterocycles. The van der Waals surface area contributed by atoms with Gasteiger partial charge in [0.15, 0.2) is 0 Å². The Morgan fingerprint density at radius 3 is 2.57 bits per heavy atom. The third-order valence-corrected chi connectivity index (χ3v) is 2.17. The molecule has 0 spiro atoms. The summed E-state index contributed by atoms with van der Waals surface area (Å²) >= 11 is 0. The standard InChI is InChI=1S/C11H19NO2/c1-8-6-5-7-9(8)12-10(13)14-11(2,3)4/h5-6,8-9H,7H2,1-4H3,(H,12,13)/t8-,9-/m1/s1. The third kappa shape index (κ3) is 3.40. The number of hydrogen-bond donors (Lipinski definition) is 1. The predicted octanol–water partition coefficient (Wildman–Crippen LogP) is 2.48. The van der Waals surface area contributed by atoms with Gasteiger partial charge in [0.25, 0.3) is 0 Å². The Morgan fingerprint density at radius 1 is 1.50 bits per heavy atom. The highest BCUT2D eigenvalue weighted by Crippen LogP contribution is 2.17. The maximum Gasteiger partial charge on any atom is 0.407 e. The number of ether oxygens (including phenoxy) is 1. The van der Waals surface area contributed by atoms with Crippen molar-refractivity contribution in [2.45, 2.75) is 45.8 Å². The maximum absolute atomic E-state index is 11.4. The van der Waals surface area contributed by atoms with Crippen LogP contribution in [-0.4, -0.2) is 17.7 Å². The van der Waals surface area contributed by atoms with E-state index in [1.807, 2.05) is 20.8 Å². The number of amides is 1. The van der Waals surface area contributed by atoms with Gasteiger partial charge >= 0.3 is 6.09 Å². The van der Waals surface area contributed by atoms with E-state index in [0.29, 0.717) is 5.92 Å². The van der Waals surface area contributed by atoms with E-state index in [4.69, 9.17) is 4.74 Å². The first-order valence-electron chi connectivity index (χ1n) is 5.04. The average molecular weight is 197 g/mol. The molecule has 1 aliphatic carbocycles. The molecule has 14 heavy (non-hydrogen) atoms. The third-order valence-electron chi connectivity index (χ3n) is 2.17. The molecule has 0 bridgehead atoms. The van der Waals surface area contributed by atoms with Gasteiger partial charge in [-0.3, -0.25) is 0 Å². The fraction of sp³-hybridized carbons (Fsp3) is 0.727. The van der Waals surface area contributed by atoms with Crippen LogP contribution < -0.4 is 5.32 Å². The van der Waals surface area contributed by atoms with E-state index in [2.05, 4.69) is 24.4 Å². The molecule has 0 aromatic rings. The molecule has 0 fully saturated rings. The first kappa shape index (κ1) is 11.1. The summed E-state index contributed by atoms with van der Waals surface area (Å²) < 4.78 is 5.17. The second-order valence-corrected chi connectivity index (χ2v) is 4.78. The van der Waals surface area contributed by atoms with Crippen LogP contribution in [0, 0.1) is 5.92 Å². The van der Waals surface area contributed by atoms with Crippen LogP contribution >= 0.6 is 0 Å². The predicted molar refractivity (Wildman–Crippen MR) is 56.1 cm³/mol. The lowest BCUT2D eigenvalue weighted by Crippen LogP contribution is -2.40. The first-order valence-corrected chi connectivity index (χ1v) is 5.04. The summed E-state index contributed by atoms with van der Waals surface area (Å²) in [7, 11) is 0. The molecule has 2 atom stereocenters. The largest absolute Gasteiger partial charge is 0.444 e. The molecule has 0 radical (unpaired) electrons. The fourth-order valence-electron chi connectivity index (χ4n) is 1.44. The second kappa shape index (κ2) is 4.03. The summed E-state index contributed by atoms with van der Waals surface area (Å²) in [6.45, 7) is 7.68. The molecule has 0 unspecified atom stereocenters. The van der Waals surface area contributed by atoms with Gasteiger partial charge in [-0.25, -0.2) is 4.79 Å². The Hall–Kier alpha value is -0.990. The Bertz CT molecular complexity index is 240. The van der Waals surface area contributed by atoms with Gasteiger partial charge in [-0.2, -0.15) is 0 Å². The SMILES string of the molecule is C[C@@H]1C=CC[C@H]1NC(=O)OC(C)(C)C. The molecule has 1 aliphatic rings. The van der Waals surface area contributed by atoms with Crippen LogP contribution in [0.3, 0.4) is 0 Å². The molecule has 1 rings (SSSR count). The Kier molecular flexibility index (Phi) is 3.19. The molecular weight excluding hydrogens is 178 g/mol. The van der Waals surface area contributed by atoms with Gasteiger partial charge in [0, 0.05) is 6.04 Å². The van der Waals surface area contributed by atoms with Gasteiger partial charge in [-0.15, -0.1) is 0 Å². The van der Waals surface area contributed by atoms with E-state index >= 15 is 0 Å². The summed E-state index contributed by atoms with van der Waals surface area (Å²) in [4.78, 5) is 11.4. The summed E-state index contributed by atoms with van der Waals surface area (Å²) in [5.41, 5.74) is -0.417. The van der Waals surface area contributed by atoms with E-state index in [-0.39, 0.29) is 12.1 Å². The normalized spacial score (nSPS) is 26.3. The quantitative estimate of drug-likeness (QED) is 0.656. The molecule has 0 saturated carbocycles. The van der Waals surface area contributed by atoms with Crippen LogP contribution in [0.5, 0.6) is 0 Å². The number of carbonyl (C=O) groups excluding carboxylic acids is 1. The zero-order valence-electron chi connectivity index (χ0n) is 9.33. The number of rotatable bonds is 1. The van der Waals surface area contributed by atoms with Crippen molar-refractivity contribution in [3.63, 3.8) is 0 Å². The minimum atomic E-state index is -0.417. The summed E-state index contributed by atoms with van der Waals surface area (Å²) in [5, 5.41) is 2.86. The molecule has 0 heterocycles. The molecule has 80 valence electrons. The van der Waals surface area contributed by atoms with E-state index in [1.165, 1.54) is 0 Å². The van der Waals surface area contributed by atoms with E-state index in [0.717, 1.165) is 6.42 Å². The number of hydrogen-bond acceptors (Lipinski definition) is 2. The number of carbonyl (C=O) groups is 1. The van der Waals surface area contributed by atoms with Crippen LogP contribution in [0.25, 0.3) is 0 Å². The highest BCUT2D eigenvalue weighted by Gasteiger charge is 2.23. The summed E-state index contributed by atoms with van der Waals surface area (Å²) in [6.07, 6.45) is 4.79. The Balaban J connectivity index is 2.35. The zero-order valence-corrected chi connectivity index (χ0v) is 9.33. The van der Waals surface area contributed by atoms with E-state index < -0.39 is 5.60 Å². The molecule has 0 saturated heterocycles. The highest BCUT2D eigenvalue weighted by atomic mass is 16.6. The molecule has 0 aliphatic heterocycles. The second-order valence-electron chi connectivity index (χ2n) is 4.78. The van der Waals surface area contributed by atoms with Crippen LogP contribution in [0.4, 0.5) is 4.79 Å². The lowest BCUT2D eigenvalue weighted by molar-refractivity contribution is 0.0497. The van der Waals surface area contributed by atoms with Gasteiger partial charge in [0.2, 0.25) is 0 Å². The van der Waals surface area contributed by atoms with E-state index in [9.17, 15) is 4.79 Å². The van der Waals surface area contributed by atoms with E-state index in [1.54, 1.807) is 0 Å². The van der Waals surface area contributed by atoms with Gasteiger partial charge in [0.1, 0.15) is 5.60 Å². The number of alkyl carbamates (subject to hydrolysis) is 1. The van der Waals surface area contributed by atoms with Crippen molar-refractivity contribution in [3.05, 3.63) is 12.2 Å². The molecule has 1 amide bonds.